The molecule has 0 aliphatic carbocycles. The van der Waals surface area contributed by atoms with Gasteiger partial charge in [-0.2, -0.15) is 13.2 Å². The number of amides is 1. The number of hydrogen-bond donors (Lipinski definition) is 0. The Morgan fingerprint density at radius 3 is 2.48 bits per heavy atom. The smallest absolute Gasteiger partial charge is 0.416 e. The molecule has 0 bridgehead atoms. The van der Waals surface area contributed by atoms with Crippen LogP contribution in [0.25, 0.3) is 6.08 Å². The average molecular weight is 486 g/mol. The molecule has 1 heterocycles. The number of thiocarbonyl (C=S) groups is 1. The number of nitrogens with zero attached hydrogens (tertiary/aromatic N) is 1. The van der Waals surface area contributed by atoms with Crippen molar-refractivity contribution in [3.05, 3.63) is 100.0 Å². The maximum atomic E-state index is 13.1. The van der Waals surface area contributed by atoms with E-state index < -0.39 is 17.6 Å². The molecule has 4 rings (SSSR count). The predicted molar refractivity (Wildman–Crippen MR) is 129 cm³/mol. The summed E-state index contributed by atoms with van der Waals surface area (Å²) < 4.78 is 45.5. The number of carbonyl (C=O) groups is 1. The van der Waals surface area contributed by atoms with Gasteiger partial charge in [-0.25, -0.2) is 0 Å². The summed E-state index contributed by atoms with van der Waals surface area (Å²) in [6.45, 7) is 2.37. The number of benzene rings is 3. The van der Waals surface area contributed by atoms with E-state index >= 15 is 0 Å². The summed E-state index contributed by atoms with van der Waals surface area (Å²) in [4.78, 5) is 14.5. The molecular formula is C25H18F3NO2S2. The molecule has 1 amide bonds. The zero-order chi connectivity index (χ0) is 23.6. The standard InChI is InChI=1S/C25H18F3NO2S2/c1-16-9-11-17(12-10-16)15-31-21-8-3-2-5-18(21)13-22-23(30)29(24(32)33-22)20-7-4-6-19(14-20)25(26,27)28/h2-14H,15H2,1H3/b22-13-. The van der Waals surface area contributed by atoms with Gasteiger partial charge in [0.1, 0.15) is 12.4 Å². The second kappa shape index (κ2) is 9.41. The van der Waals surface area contributed by atoms with Crippen molar-refractivity contribution in [2.45, 2.75) is 19.7 Å². The molecule has 0 spiro atoms. The molecular weight excluding hydrogens is 467 g/mol. The Kier molecular flexibility index (Phi) is 6.58. The molecule has 0 saturated carbocycles. The van der Waals surface area contributed by atoms with Gasteiger partial charge >= 0.3 is 6.18 Å². The zero-order valence-corrected chi connectivity index (χ0v) is 19.1. The van der Waals surface area contributed by atoms with Crippen LogP contribution in [0.1, 0.15) is 22.3 Å². The number of aryl methyl sites for hydroxylation is 1. The number of carbonyl (C=O) groups excluding carboxylic acids is 1. The van der Waals surface area contributed by atoms with E-state index in [1.54, 1.807) is 18.2 Å². The van der Waals surface area contributed by atoms with E-state index in [1.165, 1.54) is 12.1 Å². The molecule has 33 heavy (non-hydrogen) atoms. The van der Waals surface area contributed by atoms with Crippen LogP contribution in [0.15, 0.2) is 77.7 Å². The van der Waals surface area contributed by atoms with Gasteiger partial charge < -0.3 is 4.74 Å². The van der Waals surface area contributed by atoms with Crippen molar-refractivity contribution in [2.75, 3.05) is 4.90 Å². The molecule has 0 unspecified atom stereocenters. The average Bonchev–Trinajstić information content (AvgIpc) is 3.06. The van der Waals surface area contributed by atoms with Crippen molar-refractivity contribution in [2.24, 2.45) is 0 Å². The number of para-hydroxylation sites is 1. The summed E-state index contributed by atoms with van der Waals surface area (Å²) in [5.74, 6) is 0.111. The summed E-state index contributed by atoms with van der Waals surface area (Å²) >= 11 is 6.34. The molecule has 0 N–H and O–H groups in total. The summed E-state index contributed by atoms with van der Waals surface area (Å²) in [5, 5.41) is 0. The first kappa shape index (κ1) is 23.1. The number of thioether (sulfide) groups is 1. The minimum absolute atomic E-state index is 0.0830. The van der Waals surface area contributed by atoms with E-state index in [0.29, 0.717) is 22.8 Å². The maximum absolute atomic E-state index is 13.1. The van der Waals surface area contributed by atoms with Crippen LogP contribution in [0.2, 0.25) is 0 Å². The Labute approximate surface area is 198 Å². The highest BCUT2D eigenvalue weighted by Crippen LogP contribution is 2.39. The Bertz CT molecular complexity index is 1240. The van der Waals surface area contributed by atoms with Crippen LogP contribution < -0.4 is 9.64 Å². The number of alkyl halides is 3. The van der Waals surface area contributed by atoms with E-state index in [9.17, 15) is 18.0 Å². The van der Waals surface area contributed by atoms with Crippen LogP contribution in [0, 0.1) is 6.92 Å². The SMILES string of the molecule is Cc1ccc(COc2ccccc2/C=C2\SC(=S)N(c3cccc(C(F)(F)F)c3)C2=O)cc1. The van der Waals surface area contributed by atoms with Gasteiger partial charge in [0.2, 0.25) is 0 Å². The van der Waals surface area contributed by atoms with Crippen molar-refractivity contribution >= 4 is 46.0 Å². The first-order chi connectivity index (χ1) is 15.7. The van der Waals surface area contributed by atoms with Gasteiger partial charge in [-0.15, -0.1) is 0 Å². The molecule has 3 aromatic rings. The maximum Gasteiger partial charge on any atom is 0.416 e. The third kappa shape index (κ3) is 5.29. The Morgan fingerprint density at radius 1 is 1.03 bits per heavy atom. The fraction of sp³-hybridized carbons (Fsp3) is 0.120. The van der Waals surface area contributed by atoms with Crippen LogP contribution in [0.4, 0.5) is 18.9 Å². The summed E-state index contributed by atoms with van der Waals surface area (Å²) in [6.07, 6.45) is -2.86. The normalized spacial score (nSPS) is 15.4. The largest absolute Gasteiger partial charge is 0.488 e. The highest BCUT2D eigenvalue weighted by Gasteiger charge is 2.36. The molecule has 0 radical (unpaired) electrons. The number of ether oxygens (including phenoxy) is 1. The van der Waals surface area contributed by atoms with Crippen LogP contribution in [-0.2, 0) is 17.6 Å². The molecule has 3 aromatic carbocycles. The van der Waals surface area contributed by atoms with Gasteiger partial charge in [-0.05, 0) is 42.8 Å². The summed E-state index contributed by atoms with van der Waals surface area (Å²) in [7, 11) is 0. The number of hydrogen-bond acceptors (Lipinski definition) is 4. The van der Waals surface area contributed by atoms with Gasteiger partial charge in [-0.3, -0.25) is 9.69 Å². The monoisotopic (exact) mass is 485 g/mol. The van der Waals surface area contributed by atoms with Crippen LogP contribution in [-0.4, -0.2) is 10.2 Å². The number of halogens is 3. The quantitative estimate of drug-likeness (QED) is 0.288. The second-order valence-electron chi connectivity index (χ2n) is 7.38. The highest BCUT2D eigenvalue weighted by molar-refractivity contribution is 8.27. The second-order valence-corrected chi connectivity index (χ2v) is 9.05. The van der Waals surface area contributed by atoms with Crippen molar-refractivity contribution in [1.82, 2.24) is 0 Å². The van der Waals surface area contributed by atoms with Gasteiger partial charge in [0.15, 0.2) is 4.32 Å². The molecule has 1 fully saturated rings. The van der Waals surface area contributed by atoms with Gasteiger partial charge in [-0.1, -0.05) is 78.1 Å². The van der Waals surface area contributed by atoms with E-state index in [1.807, 2.05) is 43.3 Å². The fourth-order valence-electron chi connectivity index (χ4n) is 3.23. The topological polar surface area (TPSA) is 29.5 Å². The third-order valence-electron chi connectivity index (χ3n) is 4.95. The molecule has 0 atom stereocenters. The lowest BCUT2D eigenvalue weighted by Crippen LogP contribution is -2.27. The number of anilines is 1. The molecule has 8 heteroatoms. The van der Waals surface area contributed by atoms with Crippen molar-refractivity contribution in [1.29, 1.82) is 0 Å². The minimum atomic E-state index is -4.51. The zero-order valence-electron chi connectivity index (χ0n) is 17.4. The van der Waals surface area contributed by atoms with Crippen molar-refractivity contribution in [3.63, 3.8) is 0 Å². The van der Waals surface area contributed by atoms with Crippen molar-refractivity contribution in [3.8, 4) is 5.75 Å². The molecule has 0 aromatic heterocycles. The lowest BCUT2D eigenvalue weighted by molar-refractivity contribution is -0.137. The Balaban J connectivity index is 1.57. The Hall–Kier alpha value is -3.10. The molecule has 3 nitrogen and oxygen atoms in total. The van der Waals surface area contributed by atoms with E-state index in [-0.39, 0.29) is 10.0 Å². The van der Waals surface area contributed by atoms with Crippen LogP contribution >= 0.6 is 24.0 Å². The van der Waals surface area contributed by atoms with Gasteiger partial charge in [0.25, 0.3) is 5.91 Å². The fourth-order valence-corrected chi connectivity index (χ4v) is 4.52. The minimum Gasteiger partial charge on any atom is -0.488 e. The van der Waals surface area contributed by atoms with Crippen LogP contribution in [0.5, 0.6) is 5.75 Å². The Morgan fingerprint density at radius 2 is 1.76 bits per heavy atom. The lowest BCUT2D eigenvalue weighted by atomic mass is 10.1. The lowest BCUT2D eigenvalue weighted by Gasteiger charge is -2.16. The van der Waals surface area contributed by atoms with Crippen LogP contribution in [0.3, 0.4) is 0 Å². The van der Waals surface area contributed by atoms with E-state index in [4.69, 9.17) is 17.0 Å². The van der Waals surface area contributed by atoms with Gasteiger partial charge in [0, 0.05) is 5.56 Å². The summed E-state index contributed by atoms with van der Waals surface area (Å²) in [6, 6.07) is 19.8. The van der Waals surface area contributed by atoms with E-state index in [2.05, 4.69) is 0 Å². The summed E-state index contributed by atoms with van der Waals surface area (Å²) in [5.41, 5.74) is 2.08. The predicted octanol–water partition coefficient (Wildman–Crippen LogP) is 7.00. The van der Waals surface area contributed by atoms with Gasteiger partial charge in [0.05, 0.1) is 16.2 Å². The molecule has 1 aliphatic rings. The first-order valence-corrected chi connectivity index (χ1v) is 11.2. The molecule has 1 aliphatic heterocycles. The number of rotatable bonds is 5. The molecule has 168 valence electrons. The molecule has 1 saturated heterocycles. The third-order valence-corrected chi connectivity index (χ3v) is 6.25. The first-order valence-electron chi connectivity index (χ1n) is 9.95. The van der Waals surface area contributed by atoms with E-state index in [0.717, 1.165) is 39.9 Å². The van der Waals surface area contributed by atoms with Crippen molar-refractivity contribution < 1.29 is 22.7 Å². The highest BCUT2D eigenvalue weighted by atomic mass is 32.2.